The lowest BCUT2D eigenvalue weighted by atomic mass is 10.5. The molecule has 1 atom stereocenters. The van der Waals surface area contributed by atoms with Crippen LogP contribution in [0.4, 0.5) is 0 Å². The number of halogens is 3. The smallest absolute Gasteiger partial charge is 0.349 e. The molecule has 0 aromatic heterocycles. The Balaban J connectivity index is 3.54. The summed E-state index contributed by atoms with van der Waals surface area (Å²) in [6.45, 7) is 3.51. The molecular formula is C6H7Br2ClO2. The largest absolute Gasteiger partial charge is 0.460 e. The van der Waals surface area contributed by atoms with Crippen LogP contribution in [0, 0.1) is 0 Å². The molecule has 0 heterocycles. The molecule has 1 unspecified atom stereocenters. The highest BCUT2D eigenvalue weighted by Crippen LogP contribution is 2.06. The quantitative estimate of drug-likeness (QED) is 0.453. The van der Waals surface area contributed by atoms with Crippen molar-refractivity contribution in [1.29, 1.82) is 0 Å². The van der Waals surface area contributed by atoms with Crippen molar-refractivity contribution in [3.05, 3.63) is 11.6 Å². The fraction of sp³-hybridized carbons (Fsp3) is 0.500. The van der Waals surface area contributed by atoms with E-state index in [1.54, 1.807) is 0 Å². The van der Waals surface area contributed by atoms with Gasteiger partial charge in [0.05, 0.1) is 4.83 Å². The van der Waals surface area contributed by atoms with Gasteiger partial charge >= 0.3 is 5.97 Å². The van der Waals surface area contributed by atoms with Crippen molar-refractivity contribution in [2.45, 2.75) is 4.83 Å². The molecule has 0 aliphatic heterocycles. The van der Waals surface area contributed by atoms with Gasteiger partial charge in [-0.3, -0.25) is 0 Å². The number of alkyl halides is 2. The normalized spacial score (nSPS) is 12.3. The molecule has 0 aromatic rings. The van der Waals surface area contributed by atoms with Crippen LogP contribution in [0.1, 0.15) is 0 Å². The maximum atomic E-state index is 10.7. The van der Waals surface area contributed by atoms with Gasteiger partial charge in [0.15, 0.2) is 0 Å². The first-order valence-corrected chi connectivity index (χ1v) is 5.21. The zero-order valence-electron chi connectivity index (χ0n) is 5.65. The molecule has 0 fully saturated rings. The third-order valence-corrected chi connectivity index (χ3v) is 3.18. The number of carbonyl (C=O) groups excluding carboxylic acids is 1. The standard InChI is InChI=1S/C6H7Br2ClO2/c1-4(9)6(10)11-3-5(8)2-7/h5H,1-3H2. The summed E-state index contributed by atoms with van der Waals surface area (Å²) in [6, 6.07) is 0. The lowest BCUT2D eigenvalue weighted by Crippen LogP contribution is -2.14. The monoisotopic (exact) mass is 304 g/mol. The first-order chi connectivity index (χ1) is 5.07. The van der Waals surface area contributed by atoms with E-state index in [-0.39, 0.29) is 16.5 Å². The molecule has 0 aromatic carbocycles. The first-order valence-electron chi connectivity index (χ1n) is 2.79. The van der Waals surface area contributed by atoms with Gasteiger partial charge < -0.3 is 4.74 Å². The van der Waals surface area contributed by atoms with E-state index in [1.165, 1.54) is 0 Å². The Morgan fingerprint density at radius 3 is 2.64 bits per heavy atom. The third kappa shape index (κ3) is 5.70. The van der Waals surface area contributed by atoms with Crippen LogP contribution in [-0.4, -0.2) is 22.7 Å². The summed E-state index contributed by atoms with van der Waals surface area (Å²) in [4.78, 5) is 10.8. The molecule has 0 rings (SSSR count). The van der Waals surface area contributed by atoms with Crippen LogP contribution >= 0.6 is 43.5 Å². The Morgan fingerprint density at radius 2 is 2.27 bits per heavy atom. The molecule has 0 bridgehead atoms. The van der Waals surface area contributed by atoms with Crippen LogP contribution < -0.4 is 0 Å². The third-order valence-electron chi connectivity index (χ3n) is 0.784. The van der Waals surface area contributed by atoms with Crippen molar-refractivity contribution in [2.75, 3.05) is 11.9 Å². The van der Waals surface area contributed by atoms with Gasteiger partial charge in [0.2, 0.25) is 0 Å². The van der Waals surface area contributed by atoms with Crippen LogP contribution in [0.2, 0.25) is 0 Å². The van der Waals surface area contributed by atoms with Gasteiger partial charge in [0.1, 0.15) is 11.6 Å². The van der Waals surface area contributed by atoms with Gasteiger partial charge in [-0.15, -0.1) is 0 Å². The molecular weight excluding hydrogens is 299 g/mol. The number of ether oxygens (including phenoxy) is 1. The minimum atomic E-state index is -0.572. The van der Waals surface area contributed by atoms with Crippen LogP contribution in [0.3, 0.4) is 0 Å². The second kappa shape index (κ2) is 6.03. The summed E-state index contributed by atoms with van der Waals surface area (Å²) in [5.74, 6) is -0.572. The fourth-order valence-corrected chi connectivity index (χ4v) is 0.663. The Morgan fingerprint density at radius 1 is 1.73 bits per heavy atom. The van der Waals surface area contributed by atoms with Crippen LogP contribution in [0.15, 0.2) is 11.6 Å². The first kappa shape index (κ1) is 11.5. The maximum absolute atomic E-state index is 10.7. The summed E-state index contributed by atoms with van der Waals surface area (Å²) in [6.07, 6.45) is 0. The Kier molecular flexibility index (Phi) is 6.28. The predicted octanol–water partition coefficient (Wildman–Crippen LogP) is 2.44. The second-order valence-electron chi connectivity index (χ2n) is 1.75. The molecule has 0 radical (unpaired) electrons. The molecule has 0 N–H and O–H groups in total. The lowest BCUT2D eigenvalue weighted by molar-refractivity contribution is -0.138. The molecule has 64 valence electrons. The molecule has 5 heteroatoms. The summed E-state index contributed by atoms with van der Waals surface area (Å²) >= 11 is 11.7. The van der Waals surface area contributed by atoms with Crippen LogP contribution in [0.25, 0.3) is 0 Å². The van der Waals surface area contributed by atoms with Crippen molar-refractivity contribution >= 4 is 49.4 Å². The highest BCUT2D eigenvalue weighted by Gasteiger charge is 2.08. The number of hydrogen-bond acceptors (Lipinski definition) is 2. The van der Waals surface area contributed by atoms with E-state index >= 15 is 0 Å². The van der Waals surface area contributed by atoms with Gasteiger partial charge in [-0.1, -0.05) is 50.0 Å². The van der Waals surface area contributed by atoms with Crippen LogP contribution in [0.5, 0.6) is 0 Å². The molecule has 11 heavy (non-hydrogen) atoms. The van der Waals surface area contributed by atoms with E-state index in [1.807, 2.05) is 0 Å². The van der Waals surface area contributed by atoms with E-state index in [2.05, 4.69) is 38.4 Å². The fourth-order valence-electron chi connectivity index (χ4n) is 0.289. The summed E-state index contributed by atoms with van der Waals surface area (Å²) in [5, 5.41) is 0.619. The van der Waals surface area contributed by atoms with Crippen molar-refractivity contribution in [2.24, 2.45) is 0 Å². The highest BCUT2D eigenvalue weighted by atomic mass is 79.9. The molecule has 0 saturated heterocycles. The van der Waals surface area contributed by atoms with Crippen LogP contribution in [-0.2, 0) is 9.53 Å². The van der Waals surface area contributed by atoms with Gasteiger partial charge in [-0.2, -0.15) is 0 Å². The number of carbonyl (C=O) groups is 1. The number of esters is 1. The Bertz CT molecular complexity index is 161. The van der Waals surface area contributed by atoms with E-state index in [9.17, 15) is 4.79 Å². The minimum absolute atomic E-state index is 0.0979. The van der Waals surface area contributed by atoms with E-state index in [4.69, 9.17) is 16.3 Å². The van der Waals surface area contributed by atoms with Gasteiger partial charge in [-0.25, -0.2) is 4.79 Å². The molecule has 0 aliphatic rings. The second-order valence-corrected chi connectivity index (χ2v) is 4.15. The molecule has 2 nitrogen and oxygen atoms in total. The number of hydrogen-bond donors (Lipinski definition) is 0. The van der Waals surface area contributed by atoms with Crippen molar-refractivity contribution < 1.29 is 9.53 Å². The topological polar surface area (TPSA) is 26.3 Å². The maximum Gasteiger partial charge on any atom is 0.349 e. The Hall–Kier alpha value is 0.460. The van der Waals surface area contributed by atoms with Crippen molar-refractivity contribution in [3.8, 4) is 0 Å². The average Bonchev–Trinajstić information content (AvgIpc) is 1.99. The summed E-state index contributed by atoms with van der Waals surface area (Å²) < 4.78 is 4.71. The van der Waals surface area contributed by atoms with Gasteiger partial charge in [0.25, 0.3) is 0 Å². The van der Waals surface area contributed by atoms with Gasteiger partial charge in [-0.05, 0) is 0 Å². The van der Waals surface area contributed by atoms with E-state index in [0.717, 1.165) is 5.33 Å². The Labute approximate surface area is 87.2 Å². The zero-order chi connectivity index (χ0) is 8.85. The molecule has 0 aliphatic carbocycles. The zero-order valence-corrected chi connectivity index (χ0v) is 9.58. The van der Waals surface area contributed by atoms with E-state index < -0.39 is 5.97 Å². The molecule has 0 amide bonds. The van der Waals surface area contributed by atoms with Crippen molar-refractivity contribution in [1.82, 2.24) is 0 Å². The molecule has 0 spiro atoms. The summed E-state index contributed by atoms with van der Waals surface area (Å²) in [7, 11) is 0. The number of rotatable bonds is 4. The minimum Gasteiger partial charge on any atom is -0.460 e. The van der Waals surface area contributed by atoms with Crippen molar-refractivity contribution in [3.63, 3.8) is 0 Å². The van der Waals surface area contributed by atoms with E-state index in [0.29, 0.717) is 0 Å². The van der Waals surface area contributed by atoms with Gasteiger partial charge in [0, 0.05) is 5.33 Å². The average molecular weight is 306 g/mol. The SMILES string of the molecule is C=C(Cl)C(=O)OCC(Br)CBr. The molecule has 0 saturated carbocycles. The highest BCUT2D eigenvalue weighted by molar-refractivity contribution is 9.12. The lowest BCUT2D eigenvalue weighted by Gasteiger charge is -2.05. The predicted molar refractivity (Wildman–Crippen MR) is 52.5 cm³/mol. The summed E-state index contributed by atoms with van der Waals surface area (Å²) in [5.41, 5.74) is 0.